The third-order valence-electron chi connectivity index (χ3n) is 6.61. The van der Waals surface area contributed by atoms with E-state index in [1.54, 1.807) is 4.90 Å². The van der Waals surface area contributed by atoms with E-state index in [-0.39, 0.29) is 12.0 Å². The largest absolute Gasteiger partial charge is 0.466 e. The molecule has 4 rings (SSSR count). The second-order valence-electron chi connectivity index (χ2n) is 8.85. The van der Waals surface area contributed by atoms with Crippen LogP contribution in [0.5, 0.6) is 0 Å². The molecule has 2 heterocycles. The zero-order valence-electron chi connectivity index (χ0n) is 18.9. The Morgan fingerprint density at radius 1 is 1.06 bits per heavy atom. The van der Waals surface area contributed by atoms with E-state index >= 15 is 0 Å². The smallest absolute Gasteiger partial charge is 0.321 e. The maximum atomic E-state index is 13.1. The van der Waals surface area contributed by atoms with Crippen LogP contribution < -0.4 is 10.2 Å². The highest BCUT2D eigenvalue weighted by molar-refractivity contribution is 5.93. The Labute approximate surface area is 190 Å². The molecule has 1 atom stereocenters. The van der Waals surface area contributed by atoms with E-state index in [4.69, 9.17) is 4.74 Å². The number of likely N-dealkylation sites (tertiary alicyclic amines) is 1. The fraction of sp³-hybridized carbons (Fsp3) is 0.462. The van der Waals surface area contributed by atoms with Crippen molar-refractivity contribution in [1.82, 2.24) is 10.2 Å². The number of hydrogen-bond donors (Lipinski definition) is 1. The maximum Gasteiger partial charge on any atom is 0.321 e. The highest BCUT2D eigenvalue weighted by Crippen LogP contribution is 2.37. The predicted molar refractivity (Wildman–Crippen MR) is 126 cm³/mol. The average Bonchev–Trinajstić information content (AvgIpc) is 3.25. The molecule has 0 bridgehead atoms. The van der Waals surface area contributed by atoms with Crippen LogP contribution in [0.4, 0.5) is 10.5 Å². The highest BCUT2D eigenvalue weighted by atomic mass is 16.5. The summed E-state index contributed by atoms with van der Waals surface area (Å²) >= 11 is 0. The van der Waals surface area contributed by atoms with Crippen molar-refractivity contribution in [1.29, 1.82) is 0 Å². The first-order valence-electron chi connectivity index (χ1n) is 11.7. The molecule has 0 saturated carbocycles. The summed E-state index contributed by atoms with van der Waals surface area (Å²) in [4.78, 5) is 29.1. The number of nitrogens with zero attached hydrogens (tertiary/aromatic N) is 2. The third-order valence-corrected chi connectivity index (χ3v) is 6.61. The minimum atomic E-state index is -0.461. The van der Waals surface area contributed by atoms with E-state index in [2.05, 4.69) is 46.6 Å². The number of hydrogen-bond acceptors (Lipinski definition) is 4. The maximum absolute atomic E-state index is 13.1. The van der Waals surface area contributed by atoms with Crippen LogP contribution in [-0.4, -0.2) is 49.7 Å². The first-order chi connectivity index (χ1) is 15.6. The number of aryl methyl sites for hydroxylation is 1. The summed E-state index contributed by atoms with van der Waals surface area (Å²) < 4.78 is 5.55. The Morgan fingerprint density at radius 2 is 1.84 bits per heavy atom. The molecule has 0 radical (unpaired) electrons. The van der Waals surface area contributed by atoms with Crippen molar-refractivity contribution in [3.05, 3.63) is 65.7 Å². The number of anilines is 1. The van der Waals surface area contributed by atoms with Crippen LogP contribution in [0.1, 0.15) is 37.3 Å². The second-order valence-corrected chi connectivity index (χ2v) is 8.85. The molecule has 2 aromatic carbocycles. The number of amides is 2. The molecule has 0 aromatic heterocycles. The minimum absolute atomic E-state index is 0.0357. The normalized spacial score (nSPS) is 21.4. The van der Waals surface area contributed by atoms with Crippen molar-refractivity contribution >= 4 is 17.7 Å². The van der Waals surface area contributed by atoms with Crippen LogP contribution in [-0.2, 0) is 22.5 Å². The summed E-state index contributed by atoms with van der Waals surface area (Å²) in [6.45, 7) is 6.17. The average molecular weight is 436 g/mol. The Hall–Kier alpha value is -2.86. The van der Waals surface area contributed by atoms with Gasteiger partial charge in [0.15, 0.2) is 0 Å². The van der Waals surface area contributed by atoms with Crippen molar-refractivity contribution in [2.24, 2.45) is 5.41 Å². The standard InChI is InChI=1S/C26H33N3O3/c1-2-32-24(30)26(15-13-21-7-4-3-5-8-21)14-6-17-28(20-26)19-22-9-11-23(12-10-22)29-18-16-27-25(29)31/h3-5,7-12H,2,6,13-20H2,1H3,(H,27,31)/t26-/m0/s1. The van der Waals surface area contributed by atoms with E-state index in [0.29, 0.717) is 19.7 Å². The fourth-order valence-corrected chi connectivity index (χ4v) is 4.90. The summed E-state index contributed by atoms with van der Waals surface area (Å²) in [5.74, 6) is -0.0592. The highest BCUT2D eigenvalue weighted by Gasteiger charge is 2.43. The van der Waals surface area contributed by atoms with Crippen molar-refractivity contribution < 1.29 is 14.3 Å². The van der Waals surface area contributed by atoms with Crippen LogP contribution in [0, 0.1) is 5.41 Å². The minimum Gasteiger partial charge on any atom is -0.466 e. The van der Waals surface area contributed by atoms with Gasteiger partial charge in [0.25, 0.3) is 0 Å². The number of ether oxygens (including phenoxy) is 1. The Bertz CT molecular complexity index is 916. The number of benzene rings is 2. The van der Waals surface area contributed by atoms with Gasteiger partial charge in [-0.3, -0.25) is 14.6 Å². The second kappa shape index (κ2) is 10.2. The van der Waals surface area contributed by atoms with Crippen LogP contribution in [0.25, 0.3) is 0 Å². The van der Waals surface area contributed by atoms with Gasteiger partial charge in [0, 0.05) is 31.9 Å². The number of piperidine rings is 1. The quantitative estimate of drug-likeness (QED) is 0.637. The topological polar surface area (TPSA) is 61.9 Å². The van der Waals surface area contributed by atoms with Gasteiger partial charge in [0.1, 0.15) is 0 Å². The van der Waals surface area contributed by atoms with Gasteiger partial charge in [-0.05, 0) is 62.4 Å². The molecule has 6 heteroatoms. The van der Waals surface area contributed by atoms with Gasteiger partial charge in [-0.1, -0.05) is 42.5 Å². The summed E-state index contributed by atoms with van der Waals surface area (Å²) in [6, 6.07) is 18.5. The van der Waals surface area contributed by atoms with Gasteiger partial charge < -0.3 is 10.1 Å². The SMILES string of the molecule is CCOC(=O)[C@]1(CCc2ccccc2)CCCN(Cc2ccc(N3CCNC3=O)cc2)C1. The molecule has 2 aliphatic rings. The molecule has 6 nitrogen and oxygen atoms in total. The monoisotopic (exact) mass is 435 g/mol. The third kappa shape index (κ3) is 5.13. The summed E-state index contributed by atoms with van der Waals surface area (Å²) in [7, 11) is 0. The molecule has 2 saturated heterocycles. The number of urea groups is 1. The summed E-state index contributed by atoms with van der Waals surface area (Å²) in [5, 5.41) is 2.84. The molecule has 0 unspecified atom stereocenters. The van der Waals surface area contributed by atoms with Crippen molar-refractivity contribution in [3.63, 3.8) is 0 Å². The molecule has 0 spiro atoms. The van der Waals surface area contributed by atoms with Crippen LogP contribution >= 0.6 is 0 Å². The summed E-state index contributed by atoms with van der Waals surface area (Å²) in [6.07, 6.45) is 3.53. The zero-order chi connectivity index (χ0) is 22.4. The Morgan fingerprint density at radius 3 is 2.53 bits per heavy atom. The molecule has 2 fully saturated rings. The molecule has 2 aromatic rings. The van der Waals surface area contributed by atoms with Gasteiger partial charge >= 0.3 is 12.0 Å². The number of carbonyl (C=O) groups is 2. The lowest BCUT2D eigenvalue weighted by molar-refractivity contribution is -0.160. The number of rotatable bonds is 8. The summed E-state index contributed by atoms with van der Waals surface area (Å²) in [5.41, 5.74) is 2.91. The van der Waals surface area contributed by atoms with Gasteiger partial charge in [-0.15, -0.1) is 0 Å². The van der Waals surface area contributed by atoms with Gasteiger partial charge in [0.05, 0.1) is 12.0 Å². The van der Waals surface area contributed by atoms with Crippen molar-refractivity contribution in [3.8, 4) is 0 Å². The number of carbonyl (C=O) groups excluding carboxylic acids is 2. The molecule has 170 valence electrons. The van der Waals surface area contributed by atoms with Crippen molar-refractivity contribution in [2.45, 2.75) is 39.2 Å². The van der Waals surface area contributed by atoms with Crippen LogP contribution in [0.2, 0.25) is 0 Å². The van der Waals surface area contributed by atoms with Crippen LogP contribution in [0.15, 0.2) is 54.6 Å². The van der Waals surface area contributed by atoms with E-state index in [1.807, 2.05) is 25.1 Å². The molecular formula is C26H33N3O3. The van der Waals surface area contributed by atoms with Crippen molar-refractivity contribution in [2.75, 3.05) is 37.7 Å². The first kappa shape index (κ1) is 22.3. The molecule has 0 aliphatic carbocycles. The van der Waals surface area contributed by atoms with Gasteiger partial charge in [-0.2, -0.15) is 0 Å². The zero-order valence-corrected chi connectivity index (χ0v) is 18.9. The van der Waals surface area contributed by atoms with Crippen LogP contribution in [0.3, 0.4) is 0 Å². The Kier molecular flexibility index (Phi) is 7.10. The lowest BCUT2D eigenvalue weighted by Gasteiger charge is -2.41. The number of nitrogens with one attached hydrogen (secondary N) is 1. The number of esters is 1. The Balaban J connectivity index is 1.43. The molecule has 1 N–H and O–H groups in total. The van der Waals surface area contributed by atoms with Gasteiger partial charge in [-0.25, -0.2) is 4.79 Å². The van der Waals surface area contributed by atoms with E-state index < -0.39 is 5.41 Å². The van der Waals surface area contributed by atoms with E-state index in [1.165, 1.54) is 11.1 Å². The molecule has 2 aliphatic heterocycles. The molecule has 2 amide bonds. The predicted octanol–water partition coefficient (Wildman–Crippen LogP) is 3.99. The molecule has 32 heavy (non-hydrogen) atoms. The van der Waals surface area contributed by atoms with Gasteiger partial charge in [0.2, 0.25) is 0 Å². The lowest BCUT2D eigenvalue weighted by atomic mass is 9.75. The van der Waals surface area contributed by atoms with E-state index in [0.717, 1.165) is 51.0 Å². The first-order valence-corrected chi connectivity index (χ1v) is 11.7. The molecular weight excluding hydrogens is 402 g/mol. The lowest BCUT2D eigenvalue weighted by Crippen LogP contribution is -2.48. The fourth-order valence-electron chi connectivity index (χ4n) is 4.90. The van der Waals surface area contributed by atoms with E-state index in [9.17, 15) is 9.59 Å².